The number of rotatable bonds is 6. The van der Waals surface area contributed by atoms with Gasteiger partial charge in [0.1, 0.15) is 5.69 Å². The molecule has 0 unspecified atom stereocenters. The first-order chi connectivity index (χ1) is 11.8. The van der Waals surface area contributed by atoms with Crippen molar-refractivity contribution in [2.45, 2.75) is 19.3 Å². The molecule has 1 amide bonds. The molecule has 1 heterocycles. The highest BCUT2D eigenvalue weighted by molar-refractivity contribution is 5.91. The normalized spacial score (nSPS) is 11.4. The first-order valence-corrected chi connectivity index (χ1v) is 7.32. The molecule has 0 aliphatic heterocycles. The van der Waals surface area contributed by atoms with Gasteiger partial charge in [-0.05, 0) is 23.8 Å². The molecule has 25 heavy (non-hydrogen) atoms. The summed E-state index contributed by atoms with van der Waals surface area (Å²) in [4.78, 5) is 23.7. The first-order valence-electron chi connectivity index (χ1n) is 7.32. The summed E-state index contributed by atoms with van der Waals surface area (Å²) in [6.45, 7) is 0.341. The van der Waals surface area contributed by atoms with Crippen LogP contribution in [0.25, 0.3) is 0 Å². The number of aromatic nitrogens is 2. The summed E-state index contributed by atoms with van der Waals surface area (Å²) in [6, 6.07) is 7.12. The minimum atomic E-state index is -4.45. The van der Waals surface area contributed by atoms with Gasteiger partial charge in [0.15, 0.2) is 0 Å². The van der Waals surface area contributed by atoms with Crippen molar-refractivity contribution in [2.75, 3.05) is 13.7 Å². The zero-order valence-electron chi connectivity index (χ0n) is 13.3. The van der Waals surface area contributed by atoms with Crippen LogP contribution < -0.4 is 10.9 Å². The van der Waals surface area contributed by atoms with Crippen molar-refractivity contribution in [3.63, 3.8) is 0 Å². The Balaban J connectivity index is 2.07. The Morgan fingerprint density at radius 3 is 2.72 bits per heavy atom. The van der Waals surface area contributed by atoms with Crippen molar-refractivity contribution in [1.82, 2.24) is 15.1 Å². The van der Waals surface area contributed by atoms with Crippen LogP contribution >= 0.6 is 0 Å². The summed E-state index contributed by atoms with van der Waals surface area (Å²) in [5.41, 5.74) is -0.879. The quantitative estimate of drug-likeness (QED) is 0.858. The van der Waals surface area contributed by atoms with Crippen molar-refractivity contribution in [2.24, 2.45) is 0 Å². The van der Waals surface area contributed by atoms with Gasteiger partial charge in [-0.1, -0.05) is 12.1 Å². The summed E-state index contributed by atoms with van der Waals surface area (Å²) >= 11 is 0. The average Bonchev–Trinajstić information content (AvgIpc) is 2.58. The number of nitrogens with zero attached hydrogens (tertiary/aromatic N) is 2. The van der Waals surface area contributed by atoms with Gasteiger partial charge in [-0.2, -0.15) is 18.3 Å². The fraction of sp³-hybridized carbons (Fsp3) is 0.312. The second-order valence-electron chi connectivity index (χ2n) is 5.15. The molecule has 0 atom stereocenters. The maximum absolute atomic E-state index is 12.7. The van der Waals surface area contributed by atoms with E-state index in [-0.39, 0.29) is 30.9 Å². The van der Waals surface area contributed by atoms with Gasteiger partial charge >= 0.3 is 6.18 Å². The molecular weight excluding hydrogens is 339 g/mol. The van der Waals surface area contributed by atoms with E-state index in [1.165, 1.54) is 31.4 Å². The highest BCUT2D eigenvalue weighted by Crippen LogP contribution is 2.29. The summed E-state index contributed by atoms with van der Waals surface area (Å²) in [6.07, 6.45) is -4.45. The molecule has 0 fully saturated rings. The average molecular weight is 355 g/mol. The fourth-order valence-corrected chi connectivity index (χ4v) is 2.04. The minimum absolute atomic E-state index is 0.0114. The molecule has 0 saturated carbocycles. The van der Waals surface area contributed by atoms with Gasteiger partial charge in [-0.25, -0.2) is 4.68 Å². The largest absolute Gasteiger partial charge is 0.416 e. The molecule has 0 spiro atoms. The molecule has 1 N–H and O–H groups in total. The molecule has 2 aromatic rings. The standard InChI is InChI=1S/C16H16F3N3O3/c1-25-8-7-22-14(23)6-5-13(21-22)15(24)20-10-11-3-2-4-12(9-11)16(17,18)19/h2-6,9H,7-8,10H2,1H3,(H,20,24). The topological polar surface area (TPSA) is 73.2 Å². The third-order valence-electron chi connectivity index (χ3n) is 3.31. The third-order valence-corrected chi connectivity index (χ3v) is 3.31. The molecule has 0 aliphatic rings. The van der Waals surface area contributed by atoms with Crippen molar-refractivity contribution in [1.29, 1.82) is 0 Å². The second kappa shape index (κ2) is 7.93. The lowest BCUT2D eigenvalue weighted by Gasteiger charge is -2.10. The number of methoxy groups -OCH3 is 1. The molecule has 9 heteroatoms. The van der Waals surface area contributed by atoms with E-state index in [0.29, 0.717) is 5.56 Å². The molecular formula is C16H16F3N3O3. The lowest BCUT2D eigenvalue weighted by molar-refractivity contribution is -0.137. The first kappa shape index (κ1) is 18.7. The van der Waals surface area contributed by atoms with Crippen LogP contribution in [-0.4, -0.2) is 29.4 Å². The summed E-state index contributed by atoms with van der Waals surface area (Å²) in [5, 5.41) is 6.39. The summed E-state index contributed by atoms with van der Waals surface area (Å²) in [7, 11) is 1.47. The molecule has 0 aliphatic carbocycles. The number of halogens is 3. The smallest absolute Gasteiger partial charge is 0.383 e. The Bertz CT molecular complexity index is 803. The van der Waals surface area contributed by atoms with Gasteiger partial charge in [-0.15, -0.1) is 0 Å². The van der Waals surface area contributed by atoms with E-state index in [1.807, 2.05) is 0 Å². The number of carbonyl (C=O) groups is 1. The molecule has 0 radical (unpaired) electrons. The Hall–Kier alpha value is -2.68. The molecule has 6 nitrogen and oxygen atoms in total. The van der Waals surface area contributed by atoms with Crippen molar-refractivity contribution < 1.29 is 22.7 Å². The van der Waals surface area contributed by atoms with Crippen molar-refractivity contribution in [3.05, 3.63) is 63.6 Å². The Labute approximate surface area is 141 Å². The van der Waals surface area contributed by atoms with Gasteiger partial charge in [0, 0.05) is 19.7 Å². The lowest BCUT2D eigenvalue weighted by atomic mass is 10.1. The van der Waals surface area contributed by atoms with E-state index in [4.69, 9.17) is 4.74 Å². The van der Waals surface area contributed by atoms with Gasteiger partial charge < -0.3 is 10.1 Å². The Morgan fingerprint density at radius 2 is 2.04 bits per heavy atom. The predicted octanol–water partition coefficient (Wildman–Crippen LogP) is 1.84. The zero-order valence-corrected chi connectivity index (χ0v) is 13.3. The Kier molecular flexibility index (Phi) is 5.92. The third kappa shape index (κ3) is 5.15. The van der Waals surface area contributed by atoms with Crippen LogP contribution in [0.5, 0.6) is 0 Å². The van der Waals surface area contributed by atoms with Gasteiger partial charge in [0.25, 0.3) is 11.5 Å². The number of alkyl halides is 3. The zero-order chi connectivity index (χ0) is 18.4. The fourth-order valence-electron chi connectivity index (χ4n) is 2.04. The van der Waals surface area contributed by atoms with Crippen LogP contribution in [0, 0.1) is 0 Å². The minimum Gasteiger partial charge on any atom is -0.383 e. The second-order valence-corrected chi connectivity index (χ2v) is 5.15. The maximum Gasteiger partial charge on any atom is 0.416 e. The van der Waals surface area contributed by atoms with Gasteiger partial charge in [0.05, 0.1) is 18.7 Å². The highest BCUT2D eigenvalue weighted by Gasteiger charge is 2.30. The number of hydrogen-bond acceptors (Lipinski definition) is 4. The van der Waals surface area contributed by atoms with Crippen molar-refractivity contribution >= 4 is 5.91 Å². The Morgan fingerprint density at radius 1 is 1.28 bits per heavy atom. The maximum atomic E-state index is 12.7. The number of carbonyl (C=O) groups excluding carboxylic acids is 1. The number of amides is 1. The number of benzene rings is 1. The van der Waals surface area contributed by atoms with E-state index in [0.717, 1.165) is 16.8 Å². The lowest BCUT2D eigenvalue weighted by Crippen LogP contribution is -2.30. The number of hydrogen-bond donors (Lipinski definition) is 1. The van der Waals surface area contributed by atoms with Crippen LogP contribution in [0.15, 0.2) is 41.2 Å². The molecule has 2 rings (SSSR count). The number of ether oxygens (including phenoxy) is 1. The van der Waals surface area contributed by atoms with Gasteiger partial charge in [0.2, 0.25) is 0 Å². The van der Waals surface area contributed by atoms with E-state index in [1.54, 1.807) is 0 Å². The van der Waals surface area contributed by atoms with E-state index < -0.39 is 17.6 Å². The molecule has 0 saturated heterocycles. The van der Waals surface area contributed by atoms with Crippen LogP contribution in [0.4, 0.5) is 13.2 Å². The summed E-state index contributed by atoms with van der Waals surface area (Å²) in [5.74, 6) is -0.594. The molecule has 134 valence electrons. The SMILES string of the molecule is COCCn1nc(C(=O)NCc2cccc(C(F)(F)F)c2)ccc1=O. The number of nitrogens with one attached hydrogen (secondary N) is 1. The van der Waals surface area contributed by atoms with E-state index >= 15 is 0 Å². The molecule has 0 bridgehead atoms. The molecule has 1 aromatic carbocycles. The molecule has 1 aromatic heterocycles. The summed E-state index contributed by atoms with van der Waals surface area (Å²) < 4.78 is 44.0. The predicted molar refractivity (Wildman–Crippen MR) is 83.0 cm³/mol. The van der Waals surface area contributed by atoms with Crippen molar-refractivity contribution in [3.8, 4) is 0 Å². The van der Waals surface area contributed by atoms with E-state index in [9.17, 15) is 22.8 Å². The van der Waals surface area contributed by atoms with Crippen LogP contribution in [0.1, 0.15) is 21.6 Å². The van der Waals surface area contributed by atoms with Crippen LogP contribution in [0.3, 0.4) is 0 Å². The van der Waals surface area contributed by atoms with Crippen LogP contribution in [0.2, 0.25) is 0 Å². The van der Waals surface area contributed by atoms with E-state index in [2.05, 4.69) is 10.4 Å². The monoisotopic (exact) mass is 355 g/mol. The van der Waals surface area contributed by atoms with Crippen LogP contribution in [-0.2, 0) is 24.0 Å². The highest BCUT2D eigenvalue weighted by atomic mass is 19.4. The van der Waals surface area contributed by atoms with Gasteiger partial charge in [-0.3, -0.25) is 9.59 Å².